The SMILES string of the molecule is CCc1c2c(nc3ccc(OC(=O)N4CCN(c5cc6c(c(-c7cc(C(C)C)c(O)cc7O)c5)O6)CC4)cc13)-c1cc3c(c(=O)n1C2)COC(=O)C3(O)CC. The number of aliphatic hydroxyl groups is 1. The van der Waals surface area contributed by atoms with E-state index in [1.807, 2.05) is 45.0 Å². The monoisotopic (exact) mass is 744 g/mol. The van der Waals surface area contributed by atoms with Crippen molar-refractivity contribution in [1.29, 1.82) is 0 Å². The van der Waals surface area contributed by atoms with E-state index in [2.05, 4.69) is 4.90 Å². The Kier molecular flexibility index (Phi) is 7.87. The van der Waals surface area contributed by atoms with Crippen molar-refractivity contribution in [2.45, 2.75) is 65.2 Å². The fourth-order valence-corrected chi connectivity index (χ4v) is 8.33. The van der Waals surface area contributed by atoms with Gasteiger partial charge in [-0.05, 0) is 66.3 Å². The van der Waals surface area contributed by atoms with Gasteiger partial charge < -0.3 is 43.9 Å². The van der Waals surface area contributed by atoms with Gasteiger partial charge in [0.15, 0.2) is 17.1 Å². The number of ether oxygens (including phenoxy) is 3. The number of cyclic esters (lactones) is 1. The molecule has 0 bridgehead atoms. The topological polar surface area (TPSA) is 167 Å². The number of aromatic hydroxyl groups is 2. The van der Waals surface area contributed by atoms with E-state index >= 15 is 0 Å². The summed E-state index contributed by atoms with van der Waals surface area (Å²) in [5, 5.41) is 33.1. The number of anilines is 1. The van der Waals surface area contributed by atoms with Gasteiger partial charge in [-0.2, -0.15) is 0 Å². The molecule has 5 aromatic rings. The minimum Gasteiger partial charge on any atom is -0.508 e. The van der Waals surface area contributed by atoms with Crippen LogP contribution in [0.25, 0.3) is 33.4 Å². The van der Waals surface area contributed by atoms with Gasteiger partial charge in [0.1, 0.15) is 23.9 Å². The molecule has 6 heterocycles. The van der Waals surface area contributed by atoms with E-state index in [-0.39, 0.29) is 53.7 Å². The zero-order valence-electron chi connectivity index (χ0n) is 30.9. The van der Waals surface area contributed by atoms with Gasteiger partial charge in [-0.25, -0.2) is 14.6 Å². The Morgan fingerprint density at radius 2 is 1.75 bits per heavy atom. The number of hydrogen-bond donors (Lipinski definition) is 3. The second-order valence-corrected chi connectivity index (χ2v) is 14.9. The Balaban J connectivity index is 0.934. The number of carbonyl (C=O) groups is 2. The molecule has 13 heteroatoms. The van der Waals surface area contributed by atoms with Crippen molar-refractivity contribution in [3.8, 4) is 51.3 Å². The quantitative estimate of drug-likeness (QED) is 0.130. The first-order valence-corrected chi connectivity index (χ1v) is 18.7. The molecule has 3 aromatic carbocycles. The molecular formula is C42H40N4O9. The minimum absolute atomic E-state index is 0.0249. The van der Waals surface area contributed by atoms with Crippen molar-refractivity contribution in [2.75, 3.05) is 31.1 Å². The molecule has 1 atom stereocenters. The van der Waals surface area contributed by atoms with E-state index in [1.54, 1.807) is 34.6 Å². The van der Waals surface area contributed by atoms with Crippen LogP contribution in [0.1, 0.15) is 67.9 Å². The molecule has 1 unspecified atom stereocenters. The number of benzene rings is 3. The molecular weight excluding hydrogens is 704 g/mol. The van der Waals surface area contributed by atoms with Gasteiger partial charge in [0.2, 0.25) is 0 Å². The largest absolute Gasteiger partial charge is 0.508 e. The highest BCUT2D eigenvalue weighted by Gasteiger charge is 2.45. The second-order valence-electron chi connectivity index (χ2n) is 14.9. The third-order valence-corrected chi connectivity index (χ3v) is 11.5. The fraction of sp³-hybridized carbons (Fsp3) is 0.333. The number of hydrogen-bond acceptors (Lipinski definition) is 11. The van der Waals surface area contributed by atoms with Gasteiger partial charge in [-0.1, -0.05) is 27.7 Å². The Hall–Kier alpha value is -6.08. The maximum Gasteiger partial charge on any atom is 0.415 e. The van der Waals surface area contributed by atoms with Crippen LogP contribution in [0.4, 0.5) is 10.5 Å². The van der Waals surface area contributed by atoms with Gasteiger partial charge in [-0.15, -0.1) is 0 Å². The number of nitrogens with zero attached hydrogens (tertiary/aromatic N) is 4. The Bertz CT molecular complexity index is 2550. The number of phenolic OH excluding ortho intramolecular Hbond substituents is 2. The fourth-order valence-electron chi connectivity index (χ4n) is 8.33. The standard InChI is InChI=1S/C42H40N4O9/c1-5-24-26-15-23(7-8-32(26)43-37-29(24)19-46-33(37)17-31-30(39(46)49)20-53-40(50)42(31,52)6-2)54-41(51)45-11-9-44(10-12-45)22-13-28(38-36(14-22)55-38)27-16-25(21(3)4)34(47)18-35(27)48/h7-8,13-18,21,47-48,52H,5-6,9-12,19-20H2,1-4H3. The predicted octanol–water partition coefficient (Wildman–Crippen LogP) is 6.27. The number of rotatable bonds is 6. The number of aryl methyl sites for hydroxylation is 1. The highest BCUT2D eigenvalue weighted by molar-refractivity contribution is 5.91. The summed E-state index contributed by atoms with van der Waals surface area (Å²) in [7, 11) is 0. The highest BCUT2D eigenvalue weighted by Crippen LogP contribution is 2.56. The normalized spacial score (nSPS) is 18.0. The maximum atomic E-state index is 13.7. The van der Waals surface area contributed by atoms with Crippen molar-refractivity contribution in [3.63, 3.8) is 0 Å². The van der Waals surface area contributed by atoms with Crippen LogP contribution in [-0.2, 0) is 34.7 Å². The molecule has 0 radical (unpaired) electrons. The Morgan fingerprint density at radius 1 is 0.964 bits per heavy atom. The molecule has 0 aliphatic carbocycles. The summed E-state index contributed by atoms with van der Waals surface area (Å²) >= 11 is 0. The Labute approximate surface area is 315 Å². The molecule has 2 aromatic heterocycles. The summed E-state index contributed by atoms with van der Waals surface area (Å²) in [5.41, 5.74) is 4.99. The predicted molar refractivity (Wildman–Crippen MR) is 203 cm³/mol. The van der Waals surface area contributed by atoms with E-state index < -0.39 is 17.7 Å². The van der Waals surface area contributed by atoms with Crippen molar-refractivity contribution in [1.82, 2.24) is 14.5 Å². The van der Waals surface area contributed by atoms with Crippen molar-refractivity contribution in [2.24, 2.45) is 0 Å². The van der Waals surface area contributed by atoms with E-state index in [1.165, 1.54) is 6.07 Å². The molecule has 3 N–H and O–H groups in total. The third kappa shape index (κ3) is 5.39. The smallest absolute Gasteiger partial charge is 0.415 e. The molecule has 1 saturated heterocycles. The summed E-state index contributed by atoms with van der Waals surface area (Å²) in [6.45, 7) is 9.72. The molecule has 4 aliphatic heterocycles. The lowest BCUT2D eigenvalue weighted by Crippen LogP contribution is -2.49. The van der Waals surface area contributed by atoms with E-state index in [9.17, 15) is 29.7 Å². The van der Waals surface area contributed by atoms with Gasteiger partial charge in [0.05, 0.1) is 29.0 Å². The van der Waals surface area contributed by atoms with E-state index in [0.717, 1.165) is 39.1 Å². The third-order valence-electron chi connectivity index (χ3n) is 11.5. The van der Waals surface area contributed by atoms with Crippen LogP contribution in [0.5, 0.6) is 28.7 Å². The first-order chi connectivity index (χ1) is 26.4. The summed E-state index contributed by atoms with van der Waals surface area (Å²) in [6, 6.07) is 14.2. The first kappa shape index (κ1) is 34.7. The van der Waals surface area contributed by atoms with Crippen LogP contribution in [0.15, 0.2) is 53.3 Å². The number of fused-ring (bicyclic) bond motifs is 6. The summed E-state index contributed by atoms with van der Waals surface area (Å²) in [4.78, 5) is 48.5. The van der Waals surface area contributed by atoms with Gasteiger partial charge >= 0.3 is 12.1 Å². The lowest BCUT2D eigenvalue weighted by molar-refractivity contribution is -0.172. The van der Waals surface area contributed by atoms with Crippen LogP contribution < -0.4 is 19.9 Å². The van der Waals surface area contributed by atoms with E-state index in [4.69, 9.17) is 19.2 Å². The van der Waals surface area contributed by atoms with Gasteiger partial charge in [0, 0.05) is 71.6 Å². The van der Waals surface area contributed by atoms with Crippen LogP contribution in [0.3, 0.4) is 0 Å². The summed E-state index contributed by atoms with van der Waals surface area (Å²) in [5.74, 6) is 1.15. The van der Waals surface area contributed by atoms with Gasteiger partial charge in [0.25, 0.3) is 5.56 Å². The maximum absolute atomic E-state index is 13.7. The molecule has 1 fully saturated rings. The number of phenols is 2. The molecule has 55 heavy (non-hydrogen) atoms. The number of piperazine rings is 1. The number of esters is 1. The lowest BCUT2D eigenvalue weighted by Gasteiger charge is -2.35. The number of amides is 1. The van der Waals surface area contributed by atoms with Gasteiger partial charge in [-0.3, -0.25) is 4.79 Å². The van der Waals surface area contributed by atoms with Crippen molar-refractivity contribution < 1.29 is 39.1 Å². The van der Waals surface area contributed by atoms with Crippen LogP contribution in [-0.4, -0.2) is 68.0 Å². The summed E-state index contributed by atoms with van der Waals surface area (Å²) in [6.07, 6.45) is 0.232. The zero-order chi connectivity index (χ0) is 38.5. The van der Waals surface area contributed by atoms with Crippen LogP contribution >= 0.6 is 0 Å². The average molecular weight is 745 g/mol. The zero-order valence-corrected chi connectivity index (χ0v) is 30.9. The molecule has 282 valence electrons. The highest BCUT2D eigenvalue weighted by atomic mass is 16.6. The van der Waals surface area contributed by atoms with Crippen molar-refractivity contribution >= 4 is 28.7 Å². The Morgan fingerprint density at radius 3 is 2.47 bits per heavy atom. The molecule has 0 saturated carbocycles. The average Bonchev–Trinajstić information content (AvgIpc) is 3.88. The molecule has 13 nitrogen and oxygen atoms in total. The van der Waals surface area contributed by atoms with Crippen LogP contribution in [0, 0.1) is 0 Å². The molecule has 4 aliphatic rings. The molecule has 1 amide bonds. The molecule has 9 rings (SSSR count). The lowest BCUT2D eigenvalue weighted by atomic mass is 9.86. The molecule has 0 spiro atoms. The number of aromatic nitrogens is 2. The number of carbonyl (C=O) groups excluding carboxylic acids is 2. The van der Waals surface area contributed by atoms with Crippen molar-refractivity contribution in [3.05, 3.63) is 86.7 Å². The number of pyridine rings is 2. The second kappa shape index (κ2) is 12.5. The van der Waals surface area contributed by atoms with E-state index in [0.29, 0.717) is 66.6 Å². The first-order valence-electron chi connectivity index (χ1n) is 18.7. The van der Waals surface area contributed by atoms with Crippen LogP contribution in [0.2, 0.25) is 0 Å². The minimum atomic E-state index is -1.90. The summed E-state index contributed by atoms with van der Waals surface area (Å²) < 4.78 is 18.5.